The molecule has 1 amide bonds. The number of amides is 1. The molecule has 1 saturated heterocycles. The molecule has 0 aliphatic carbocycles. The molecule has 26 heavy (non-hydrogen) atoms. The summed E-state index contributed by atoms with van der Waals surface area (Å²) in [6.45, 7) is 7.92. The smallest absolute Gasteiger partial charge is 0.238 e. The van der Waals surface area contributed by atoms with Crippen molar-refractivity contribution in [3.63, 3.8) is 0 Å². The standard InChI is InChI=1S/C20H28N4O2/c1-3-26-19-7-5-4-6-18(19)22-20(25)15-23-11-8-17(9-12-23)14-24-13-10-21-16(24)2/h4-7,10,13,17H,3,8-9,11-12,14-15H2,1-2H3,(H,22,25). The number of hydrogen-bond acceptors (Lipinski definition) is 4. The third-order valence-electron chi connectivity index (χ3n) is 4.91. The first-order valence-electron chi connectivity index (χ1n) is 9.37. The van der Waals surface area contributed by atoms with Gasteiger partial charge in [-0.15, -0.1) is 0 Å². The summed E-state index contributed by atoms with van der Waals surface area (Å²) in [6.07, 6.45) is 6.13. The fourth-order valence-corrected chi connectivity index (χ4v) is 3.45. The Morgan fingerprint density at radius 1 is 1.31 bits per heavy atom. The third kappa shape index (κ3) is 4.85. The highest BCUT2D eigenvalue weighted by Crippen LogP contribution is 2.24. The number of likely N-dealkylation sites (tertiary alicyclic amines) is 1. The number of benzene rings is 1. The number of nitrogens with zero attached hydrogens (tertiary/aromatic N) is 3. The number of aromatic nitrogens is 2. The minimum Gasteiger partial charge on any atom is -0.492 e. The SMILES string of the molecule is CCOc1ccccc1NC(=O)CN1CCC(Cn2ccnc2C)CC1. The summed E-state index contributed by atoms with van der Waals surface area (Å²) < 4.78 is 7.79. The van der Waals surface area contributed by atoms with E-state index >= 15 is 0 Å². The molecule has 1 aliphatic rings. The van der Waals surface area contributed by atoms with E-state index in [9.17, 15) is 4.79 Å². The molecule has 0 atom stereocenters. The molecule has 0 spiro atoms. The van der Waals surface area contributed by atoms with E-state index in [0.717, 1.165) is 49.7 Å². The summed E-state index contributed by atoms with van der Waals surface area (Å²) in [5.74, 6) is 2.46. The summed E-state index contributed by atoms with van der Waals surface area (Å²) >= 11 is 0. The molecular formula is C20H28N4O2. The number of rotatable bonds is 7. The summed E-state index contributed by atoms with van der Waals surface area (Å²) in [4.78, 5) is 18.9. The Balaban J connectivity index is 1.46. The van der Waals surface area contributed by atoms with Crippen molar-refractivity contribution in [1.82, 2.24) is 14.5 Å². The van der Waals surface area contributed by atoms with Gasteiger partial charge in [-0.25, -0.2) is 4.98 Å². The second-order valence-corrected chi connectivity index (χ2v) is 6.82. The number of imidazole rings is 1. The molecule has 1 fully saturated rings. The van der Waals surface area contributed by atoms with Gasteiger partial charge in [-0.05, 0) is 57.8 Å². The molecule has 1 aromatic heterocycles. The molecule has 1 N–H and O–H groups in total. The zero-order valence-corrected chi connectivity index (χ0v) is 15.6. The Hall–Kier alpha value is -2.34. The maximum atomic E-state index is 12.4. The van der Waals surface area contributed by atoms with Crippen LogP contribution in [-0.2, 0) is 11.3 Å². The molecule has 0 unspecified atom stereocenters. The quantitative estimate of drug-likeness (QED) is 0.829. The van der Waals surface area contributed by atoms with Gasteiger partial charge >= 0.3 is 0 Å². The lowest BCUT2D eigenvalue weighted by Gasteiger charge is -2.31. The van der Waals surface area contributed by atoms with Crippen LogP contribution in [0.4, 0.5) is 5.69 Å². The first-order chi connectivity index (χ1) is 12.7. The van der Waals surface area contributed by atoms with Gasteiger partial charge in [-0.1, -0.05) is 12.1 Å². The Kier molecular flexibility index (Phi) is 6.28. The molecule has 0 saturated carbocycles. The lowest BCUT2D eigenvalue weighted by atomic mass is 9.96. The van der Waals surface area contributed by atoms with E-state index in [4.69, 9.17) is 4.74 Å². The van der Waals surface area contributed by atoms with Gasteiger partial charge in [0.15, 0.2) is 0 Å². The number of piperidine rings is 1. The van der Waals surface area contributed by atoms with Crippen molar-refractivity contribution in [3.05, 3.63) is 42.5 Å². The van der Waals surface area contributed by atoms with Crippen LogP contribution in [0.25, 0.3) is 0 Å². The van der Waals surface area contributed by atoms with Crippen molar-refractivity contribution >= 4 is 11.6 Å². The average Bonchev–Trinajstić information content (AvgIpc) is 3.03. The minimum atomic E-state index is 0.0149. The van der Waals surface area contributed by atoms with Gasteiger partial charge in [0.1, 0.15) is 11.6 Å². The largest absolute Gasteiger partial charge is 0.492 e. The Labute approximate surface area is 155 Å². The predicted octanol–water partition coefficient (Wildman–Crippen LogP) is 2.94. The van der Waals surface area contributed by atoms with Gasteiger partial charge in [0.25, 0.3) is 0 Å². The second-order valence-electron chi connectivity index (χ2n) is 6.82. The molecule has 1 aliphatic heterocycles. The molecule has 3 rings (SSSR count). The highest BCUT2D eigenvalue weighted by atomic mass is 16.5. The molecular weight excluding hydrogens is 328 g/mol. The van der Waals surface area contributed by atoms with E-state index < -0.39 is 0 Å². The Morgan fingerprint density at radius 3 is 2.77 bits per heavy atom. The van der Waals surface area contributed by atoms with Crippen LogP contribution in [0, 0.1) is 12.8 Å². The first-order valence-corrected chi connectivity index (χ1v) is 9.37. The van der Waals surface area contributed by atoms with Gasteiger partial charge in [0, 0.05) is 18.9 Å². The van der Waals surface area contributed by atoms with Crippen molar-refractivity contribution < 1.29 is 9.53 Å². The molecule has 6 heteroatoms. The number of aryl methyl sites for hydroxylation is 1. The molecule has 6 nitrogen and oxygen atoms in total. The number of carbonyl (C=O) groups excluding carboxylic acids is 1. The van der Waals surface area contributed by atoms with Gasteiger partial charge in [0.05, 0.1) is 18.8 Å². The number of hydrogen-bond donors (Lipinski definition) is 1. The highest BCUT2D eigenvalue weighted by molar-refractivity contribution is 5.93. The van der Waals surface area contributed by atoms with Crippen LogP contribution < -0.4 is 10.1 Å². The van der Waals surface area contributed by atoms with E-state index in [0.29, 0.717) is 19.1 Å². The van der Waals surface area contributed by atoms with E-state index in [1.807, 2.05) is 50.5 Å². The summed E-state index contributed by atoms with van der Waals surface area (Å²) in [5, 5.41) is 2.98. The maximum absolute atomic E-state index is 12.4. The van der Waals surface area contributed by atoms with Crippen LogP contribution in [0.2, 0.25) is 0 Å². The molecule has 140 valence electrons. The number of carbonyl (C=O) groups is 1. The monoisotopic (exact) mass is 356 g/mol. The fraction of sp³-hybridized carbons (Fsp3) is 0.500. The zero-order chi connectivity index (χ0) is 18.4. The lowest BCUT2D eigenvalue weighted by Crippen LogP contribution is -2.40. The number of para-hydroxylation sites is 2. The molecule has 0 bridgehead atoms. The maximum Gasteiger partial charge on any atom is 0.238 e. The van der Waals surface area contributed by atoms with Crippen molar-refractivity contribution in [1.29, 1.82) is 0 Å². The van der Waals surface area contributed by atoms with Crippen LogP contribution in [0.15, 0.2) is 36.7 Å². The molecule has 0 radical (unpaired) electrons. The van der Waals surface area contributed by atoms with Crippen molar-refractivity contribution in [2.75, 3.05) is 31.6 Å². The zero-order valence-electron chi connectivity index (χ0n) is 15.6. The predicted molar refractivity (Wildman–Crippen MR) is 102 cm³/mol. The third-order valence-corrected chi connectivity index (χ3v) is 4.91. The van der Waals surface area contributed by atoms with Gasteiger partial charge in [0.2, 0.25) is 5.91 Å². The lowest BCUT2D eigenvalue weighted by molar-refractivity contribution is -0.117. The highest BCUT2D eigenvalue weighted by Gasteiger charge is 2.21. The molecule has 2 aromatic rings. The van der Waals surface area contributed by atoms with Crippen LogP contribution in [-0.4, -0.2) is 46.6 Å². The number of ether oxygens (including phenoxy) is 1. The second kappa shape index (κ2) is 8.85. The normalized spacial score (nSPS) is 15.8. The van der Waals surface area contributed by atoms with E-state index in [2.05, 4.69) is 19.8 Å². The van der Waals surface area contributed by atoms with E-state index in [1.165, 1.54) is 0 Å². The van der Waals surface area contributed by atoms with Gasteiger partial charge in [-0.3, -0.25) is 9.69 Å². The molecule has 1 aromatic carbocycles. The van der Waals surface area contributed by atoms with Crippen LogP contribution in [0.3, 0.4) is 0 Å². The van der Waals surface area contributed by atoms with Crippen molar-refractivity contribution in [2.24, 2.45) is 5.92 Å². The Morgan fingerprint density at radius 2 is 2.08 bits per heavy atom. The average molecular weight is 356 g/mol. The van der Waals surface area contributed by atoms with E-state index in [-0.39, 0.29) is 5.91 Å². The molecule has 2 heterocycles. The topological polar surface area (TPSA) is 59.4 Å². The van der Waals surface area contributed by atoms with E-state index in [1.54, 1.807) is 0 Å². The summed E-state index contributed by atoms with van der Waals surface area (Å²) in [5.41, 5.74) is 0.741. The summed E-state index contributed by atoms with van der Waals surface area (Å²) in [7, 11) is 0. The van der Waals surface area contributed by atoms with Crippen molar-refractivity contribution in [2.45, 2.75) is 33.2 Å². The van der Waals surface area contributed by atoms with Gasteiger partial charge in [-0.2, -0.15) is 0 Å². The number of anilines is 1. The Bertz CT molecular complexity index is 720. The summed E-state index contributed by atoms with van der Waals surface area (Å²) in [6, 6.07) is 7.57. The minimum absolute atomic E-state index is 0.0149. The van der Waals surface area contributed by atoms with Crippen LogP contribution >= 0.6 is 0 Å². The first kappa shape index (κ1) is 18.5. The fourth-order valence-electron chi connectivity index (χ4n) is 3.45. The van der Waals surface area contributed by atoms with Crippen LogP contribution in [0.1, 0.15) is 25.6 Å². The van der Waals surface area contributed by atoms with Crippen molar-refractivity contribution in [3.8, 4) is 5.75 Å². The van der Waals surface area contributed by atoms with Crippen LogP contribution in [0.5, 0.6) is 5.75 Å². The number of nitrogens with one attached hydrogen (secondary N) is 1. The van der Waals surface area contributed by atoms with Gasteiger partial charge < -0.3 is 14.6 Å².